The van der Waals surface area contributed by atoms with Gasteiger partial charge in [0, 0.05) is 0 Å². The number of rotatable bonds is 3. The second-order valence-corrected chi connectivity index (χ2v) is 2.64. The first kappa shape index (κ1) is 9.67. The molecule has 70 valence electrons. The normalized spacial score (nSPS) is 10.0. The monoisotopic (exact) mass is 184 g/mol. The van der Waals surface area contributed by atoms with E-state index in [1.807, 2.05) is 0 Å². The molecule has 0 unspecified atom stereocenters. The van der Waals surface area contributed by atoms with Crippen LogP contribution in [0.1, 0.15) is 11.1 Å². The Morgan fingerprint density at radius 1 is 1.38 bits per heavy atom. The number of carboxylic acid groups (broad SMARTS) is 1. The zero-order valence-electron chi connectivity index (χ0n) is 6.83. The molecule has 0 aliphatic rings. The van der Waals surface area contributed by atoms with E-state index in [1.165, 1.54) is 12.1 Å². The molecule has 0 atom stereocenters. The molecule has 13 heavy (non-hydrogen) atoms. The van der Waals surface area contributed by atoms with Crippen LogP contribution in [0.15, 0.2) is 18.2 Å². The minimum atomic E-state index is -1.04. The number of hydrogen-bond acceptors (Lipinski definition) is 2. The van der Waals surface area contributed by atoms with E-state index in [9.17, 15) is 9.18 Å². The van der Waals surface area contributed by atoms with Gasteiger partial charge in [-0.15, -0.1) is 0 Å². The Morgan fingerprint density at radius 2 is 2.08 bits per heavy atom. The van der Waals surface area contributed by atoms with Gasteiger partial charge in [-0.2, -0.15) is 0 Å². The van der Waals surface area contributed by atoms with Crippen LogP contribution in [0.3, 0.4) is 0 Å². The van der Waals surface area contributed by atoms with Crippen LogP contribution in [-0.4, -0.2) is 16.2 Å². The van der Waals surface area contributed by atoms with Gasteiger partial charge in [0.2, 0.25) is 0 Å². The molecule has 4 heteroatoms. The molecule has 0 saturated heterocycles. The van der Waals surface area contributed by atoms with Crippen molar-refractivity contribution in [1.82, 2.24) is 0 Å². The van der Waals surface area contributed by atoms with E-state index >= 15 is 0 Å². The van der Waals surface area contributed by atoms with Crippen molar-refractivity contribution in [3.8, 4) is 0 Å². The lowest BCUT2D eigenvalue weighted by atomic mass is 10.1. The van der Waals surface area contributed by atoms with Crippen LogP contribution in [0.25, 0.3) is 0 Å². The minimum Gasteiger partial charge on any atom is -0.481 e. The third kappa shape index (κ3) is 2.52. The molecular weight excluding hydrogens is 175 g/mol. The Kier molecular flexibility index (Phi) is 2.97. The molecule has 0 heterocycles. The van der Waals surface area contributed by atoms with Crippen molar-refractivity contribution in [2.75, 3.05) is 0 Å². The largest absolute Gasteiger partial charge is 0.481 e. The van der Waals surface area contributed by atoms with Gasteiger partial charge in [0.25, 0.3) is 0 Å². The zero-order chi connectivity index (χ0) is 9.84. The van der Waals surface area contributed by atoms with Gasteiger partial charge in [-0.3, -0.25) is 4.79 Å². The van der Waals surface area contributed by atoms with Gasteiger partial charge in [0.15, 0.2) is 0 Å². The molecule has 0 aromatic heterocycles. The summed E-state index contributed by atoms with van der Waals surface area (Å²) in [5, 5.41) is 17.3. The fourth-order valence-electron chi connectivity index (χ4n) is 1.08. The van der Waals surface area contributed by atoms with Gasteiger partial charge in [-0.05, 0) is 23.3 Å². The predicted octanol–water partition coefficient (Wildman–Crippen LogP) is 0.945. The van der Waals surface area contributed by atoms with Gasteiger partial charge in [0.05, 0.1) is 13.0 Å². The van der Waals surface area contributed by atoms with Crippen molar-refractivity contribution in [1.29, 1.82) is 0 Å². The molecule has 0 fully saturated rings. The van der Waals surface area contributed by atoms with E-state index in [0.29, 0.717) is 11.1 Å². The second-order valence-electron chi connectivity index (χ2n) is 2.64. The van der Waals surface area contributed by atoms with Crippen LogP contribution in [0.2, 0.25) is 0 Å². The molecule has 0 amide bonds. The maximum Gasteiger partial charge on any atom is 0.307 e. The first-order chi connectivity index (χ1) is 6.13. The maximum absolute atomic E-state index is 12.7. The van der Waals surface area contributed by atoms with Crippen molar-refractivity contribution < 1.29 is 19.4 Å². The summed E-state index contributed by atoms with van der Waals surface area (Å²) in [6.45, 7) is -0.275. The van der Waals surface area contributed by atoms with E-state index in [2.05, 4.69) is 0 Å². The molecule has 0 bridgehead atoms. The lowest BCUT2D eigenvalue weighted by molar-refractivity contribution is -0.136. The number of aliphatic hydroxyl groups excluding tert-OH is 1. The highest BCUT2D eigenvalue weighted by Gasteiger charge is 2.06. The molecule has 3 nitrogen and oxygen atoms in total. The molecular formula is C9H9FO3. The average molecular weight is 184 g/mol. The van der Waals surface area contributed by atoms with Gasteiger partial charge in [-0.25, -0.2) is 4.39 Å². The Hall–Kier alpha value is -1.42. The van der Waals surface area contributed by atoms with E-state index in [-0.39, 0.29) is 13.0 Å². The molecule has 2 N–H and O–H groups in total. The number of carboxylic acids is 1. The van der Waals surface area contributed by atoms with Gasteiger partial charge in [-0.1, -0.05) is 6.07 Å². The lowest BCUT2D eigenvalue weighted by Gasteiger charge is -2.04. The van der Waals surface area contributed by atoms with Crippen molar-refractivity contribution in [3.05, 3.63) is 35.1 Å². The summed E-state index contributed by atoms with van der Waals surface area (Å²) < 4.78 is 12.7. The quantitative estimate of drug-likeness (QED) is 0.735. The molecule has 1 rings (SSSR count). The zero-order valence-corrected chi connectivity index (χ0v) is 6.83. The molecule has 0 radical (unpaired) electrons. The van der Waals surface area contributed by atoms with Crippen LogP contribution in [0.5, 0.6) is 0 Å². The summed E-state index contributed by atoms with van der Waals surface area (Å²) in [6.07, 6.45) is -0.270. The lowest BCUT2D eigenvalue weighted by Crippen LogP contribution is -2.04. The van der Waals surface area contributed by atoms with E-state index in [4.69, 9.17) is 10.2 Å². The minimum absolute atomic E-state index is 0.270. The van der Waals surface area contributed by atoms with Crippen LogP contribution < -0.4 is 0 Å². The molecule has 0 spiro atoms. The first-order valence-electron chi connectivity index (χ1n) is 3.73. The van der Waals surface area contributed by atoms with E-state index < -0.39 is 11.8 Å². The Morgan fingerprint density at radius 3 is 2.62 bits per heavy atom. The van der Waals surface area contributed by atoms with Crippen molar-refractivity contribution in [2.45, 2.75) is 13.0 Å². The summed E-state index contributed by atoms with van der Waals surface area (Å²) >= 11 is 0. The Balaban J connectivity index is 3.01. The average Bonchev–Trinajstić information content (AvgIpc) is 2.03. The summed E-state index contributed by atoms with van der Waals surface area (Å²) in [6, 6.07) is 3.70. The molecule has 0 aliphatic heterocycles. The van der Waals surface area contributed by atoms with Gasteiger partial charge in [0.1, 0.15) is 5.82 Å². The number of aliphatic hydroxyl groups is 1. The number of carbonyl (C=O) groups is 1. The third-order valence-corrected chi connectivity index (χ3v) is 1.68. The predicted molar refractivity (Wildman–Crippen MR) is 43.7 cm³/mol. The Labute approximate surface area is 74.4 Å². The summed E-state index contributed by atoms with van der Waals surface area (Å²) in [4.78, 5) is 10.3. The number of hydrogen-bond donors (Lipinski definition) is 2. The van der Waals surface area contributed by atoms with Crippen LogP contribution in [-0.2, 0) is 17.8 Å². The number of benzene rings is 1. The van der Waals surface area contributed by atoms with Crippen molar-refractivity contribution in [3.63, 3.8) is 0 Å². The third-order valence-electron chi connectivity index (χ3n) is 1.68. The first-order valence-corrected chi connectivity index (χ1v) is 3.73. The molecule has 0 aliphatic carbocycles. The van der Waals surface area contributed by atoms with Crippen LogP contribution in [0, 0.1) is 5.82 Å². The highest BCUT2D eigenvalue weighted by molar-refractivity contribution is 5.70. The number of halogens is 1. The standard InChI is InChI=1S/C9H9FO3/c10-8-2-1-6(5-11)7(3-8)4-9(12)13/h1-3,11H,4-5H2,(H,12,13). The van der Waals surface area contributed by atoms with Gasteiger partial charge < -0.3 is 10.2 Å². The van der Waals surface area contributed by atoms with Crippen LogP contribution in [0.4, 0.5) is 4.39 Å². The van der Waals surface area contributed by atoms with Crippen molar-refractivity contribution in [2.24, 2.45) is 0 Å². The highest BCUT2D eigenvalue weighted by atomic mass is 19.1. The summed E-state index contributed by atoms with van der Waals surface area (Å²) in [7, 11) is 0. The fourth-order valence-corrected chi connectivity index (χ4v) is 1.08. The van der Waals surface area contributed by atoms with Crippen molar-refractivity contribution >= 4 is 5.97 Å². The van der Waals surface area contributed by atoms with E-state index in [0.717, 1.165) is 6.07 Å². The van der Waals surface area contributed by atoms with Gasteiger partial charge >= 0.3 is 5.97 Å². The topological polar surface area (TPSA) is 57.5 Å². The second kappa shape index (κ2) is 4.00. The van der Waals surface area contributed by atoms with Crippen LogP contribution >= 0.6 is 0 Å². The summed E-state index contributed by atoms with van der Waals surface area (Å²) in [5.74, 6) is -1.53. The molecule has 0 saturated carbocycles. The summed E-state index contributed by atoms with van der Waals surface area (Å²) in [5.41, 5.74) is 0.763. The SMILES string of the molecule is O=C(O)Cc1cc(F)ccc1CO. The highest BCUT2D eigenvalue weighted by Crippen LogP contribution is 2.12. The van der Waals surface area contributed by atoms with E-state index in [1.54, 1.807) is 0 Å². The molecule has 1 aromatic rings. The fraction of sp³-hybridized carbons (Fsp3) is 0.222. The smallest absolute Gasteiger partial charge is 0.307 e. The maximum atomic E-state index is 12.7. The number of aliphatic carboxylic acids is 1. The molecule has 1 aromatic carbocycles. The Bertz CT molecular complexity index is 323.